The summed E-state index contributed by atoms with van der Waals surface area (Å²) in [5, 5.41) is 7.29. The molecule has 0 aliphatic rings. The van der Waals surface area contributed by atoms with Gasteiger partial charge in [0.25, 0.3) is 0 Å². The minimum Gasteiger partial charge on any atom is -0.345 e. The Bertz CT molecular complexity index is 334. The maximum Gasteiger partial charge on any atom is 0.236 e. The number of aromatic nitrogens is 2. The van der Waals surface area contributed by atoms with Crippen molar-refractivity contribution < 1.29 is 4.79 Å². The molecule has 0 bridgehead atoms. The number of hydrogen-bond acceptors (Lipinski definition) is 3. The molecule has 1 aromatic heterocycles. The predicted octanol–water partition coefficient (Wildman–Crippen LogP) is 0.471. The Labute approximate surface area is 96.4 Å². The van der Waals surface area contributed by atoms with Crippen LogP contribution < -0.4 is 5.32 Å². The van der Waals surface area contributed by atoms with Crippen LogP contribution >= 0.6 is 0 Å². The SMILES string of the molecule is CCN(C)C(=O)CNCc1ccnn1CC. The van der Waals surface area contributed by atoms with Crippen LogP contribution in [0.3, 0.4) is 0 Å². The number of aryl methyl sites for hydroxylation is 1. The fourth-order valence-corrected chi connectivity index (χ4v) is 1.40. The molecule has 0 aliphatic heterocycles. The Morgan fingerprint density at radius 2 is 2.31 bits per heavy atom. The molecular formula is C11H20N4O. The minimum absolute atomic E-state index is 0.116. The van der Waals surface area contributed by atoms with Crippen molar-refractivity contribution in [2.45, 2.75) is 26.9 Å². The van der Waals surface area contributed by atoms with E-state index in [2.05, 4.69) is 10.4 Å². The van der Waals surface area contributed by atoms with Gasteiger partial charge in [0.05, 0.1) is 12.2 Å². The van der Waals surface area contributed by atoms with Crippen molar-refractivity contribution in [2.24, 2.45) is 0 Å². The third-order valence-corrected chi connectivity index (χ3v) is 2.59. The second-order valence-corrected chi connectivity index (χ2v) is 3.65. The number of hydrogen-bond donors (Lipinski definition) is 1. The van der Waals surface area contributed by atoms with Crippen molar-refractivity contribution in [2.75, 3.05) is 20.1 Å². The average molecular weight is 224 g/mol. The van der Waals surface area contributed by atoms with Gasteiger partial charge in [0.1, 0.15) is 0 Å². The first-order valence-electron chi connectivity index (χ1n) is 5.64. The van der Waals surface area contributed by atoms with E-state index in [1.54, 1.807) is 18.1 Å². The van der Waals surface area contributed by atoms with E-state index in [1.807, 2.05) is 24.6 Å². The first kappa shape index (κ1) is 12.7. The van der Waals surface area contributed by atoms with Crippen molar-refractivity contribution in [3.05, 3.63) is 18.0 Å². The highest BCUT2D eigenvalue weighted by Crippen LogP contribution is 1.97. The molecule has 0 spiro atoms. The minimum atomic E-state index is 0.116. The lowest BCUT2D eigenvalue weighted by Gasteiger charge is -2.14. The zero-order chi connectivity index (χ0) is 12.0. The van der Waals surface area contributed by atoms with Gasteiger partial charge >= 0.3 is 0 Å². The summed E-state index contributed by atoms with van der Waals surface area (Å²) in [6.45, 7) is 6.66. The molecule has 1 amide bonds. The van der Waals surface area contributed by atoms with Crippen molar-refractivity contribution in [1.82, 2.24) is 20.0 Å². The number of carbonyl (C=O) groups is 1. The predicted molar refractivity (Wildman–Crippen MR) is 62.9 cm³/mol. The number of nitrogens with zero attached hydrogens (tertiary/aromatic N) is 3. The Morgan fingerprint density at radius 3 is 2.94 bits per heavy atom. The van der Waals surface area contributed by atoms with E-state index < -0.39 is 0 Å². The van der Waals surface area contributed by atoms with E-state index in [1.165, 1.54) is 0 Å². The van der Waals surface area contributed by atoms with E-state index in [0.29, 0.717) is 13.1 Å². The van der Waals surface area contributed by atoms with Crippen LogP contribution in [-0.4, -0.2) is 40.7 Å². The van der Waals surface area contributed by atoms with Crippen molar-refractivity contribution in [3.63, 3.8) is 0 Å². The molecule has 1 N–H and O–H groups in total. The molecule has 1 rings (SSSR count). The third-order valence-electron chi connectivity index (χ3n) is 2.59. The summed E-state index contributed by atoms with van der Waals surface area (Å²) >= 11 is 0. The van der Waals surface area contributed by atoms with Gasteiger partial charge in [-0.25, -0.2) is 0 Å². The van der Waals surface area contributed by atoms with Crippen LogP contribution in [0, 0.1) is 0 Å². The molecule has 16 heavy (non-hydrogen) atoms. The molecule has 1 aromatic rings. The Hall–Kier alpha value is -1.36. The zero-order valence-corrected chi connectivity index (χ0v) is 10.2. The maximum atomic E-state index is 11.5. The molecule has 0 aliphatic carbocycles. The number of amides is 1. The number of carbonyl (C=O) groups excluding carboxylic acids is 1. The summed E-state index contributed by atoms with van der Waals surface area (Å²) in [6, 6.07) is 1.96. The number of likely N-dealkylation sites (N-methyl/N-ethyl adjacent to an activating group) is 1. The van der Waals surface area contributed by atoms with Crippen LogP contribution in [0.4, 0.5) is 0 Å². The highest BCUT2D eigenvalue weighted by atomic mass is 16.2. The smallest absolute Gasteiger partial charge is 0.236 e. The van der Waals surface area contributed by atoms with Gasteiger partial charge in [-0.15, -0.1) is 0 Å². The fourth-order valence-electron chi connectivity index (χ4n) is 1.40. The summed E-state index contributed by atoms with van der Waals surface area (Å²) in [6.07, 6.45) is 1.78. The molecule has 0 unspecified atom stereocenters. The Kier molecular flexibility index (Phi) is 4.98. The van der Waals surface area contributed by atoms with E-state index in [9.17, 15) is 4.79 Å². The normalized spacial score (nSPS) is 10.4. The quantitative estimate of drug-likeness (QED) is 0.764. The lowest BCUT2D eigenvalue weighted by Crippen LogP contribution is -2.35. The van der Waals surface area contributed by atoms with E-state index in [0.717, 1.165) is 18.8 Å². The first-order valence-corrected chi connectivity index (χ1v) is 5.64. The molecule has 5 nitrogen and oxygen atoms in total. The van der Waals surface area contributed by atoms with Crippen molar-refractivity contribution in [1.29, 1.82) is 0 Å². The molecule has 0 saturated heterocycles. The zero-order valence-electron chi connectivity index (χ0n) is 10.2. The second kappa shape index (κ2) is 6.27. The van der Waals surface area contributed by atoms with Gasteiger partial charge in [-0.2, -0.15) is 5.10 Å². The number of rotatable bonds is 6. The maximum absolute atomic E-state index is 11.5. The summed E-state index contributed by atoms with van der Waals surface area (Å²) in [7, 11) is 1.81. The van der Waals surface area contributed by atoms with Gasteiger partial charge in [0.2, 0.25) is 5.91 Å². The van der Waals surface area contributed by atoms with E-state index >= 15 is 0 Å². The van der Waals surface area contributed by atoms with E-state index in [4.69, 9.17) is 0 Å². The van der Waals surface area contributed by atoms with Crippen molar-refractivity contribution >= 4 is 5.91 Å². The Morgan fingerprint density at radius 1 is 1.56 bits per heavy atom. The van der Waals surface area contributed by atoms with Gasteiger partial charge in [-0.05, 0) is 19.9 Å². The van der Waals surface area contributed by atoms with Crippen LogP contribution in [-0.2, 0) is 17.9 Å². The third kappa shape index (κ3) is 3.34. The van der Waals surface area contributed by atoms with Gasteiger partial charge in [-0.3, -0.25) is 9.48 Å². The summed E-state index contributed by atoms with van der Waals surface area (Å²) in [5.41, 5.74) is 1.11. The Balaban J connectivity index is 2.33. The van der Waals surface area contributed by atoms with Gasteiger partial charge in [0.15, 0.2) is 0 Å². The van der Waals surface area contributed by atoms with Crippen LogP contribution in [0.1, 0.15) is 19.5 Å². The second-order valence-electron chi connectivity index (χ2n) is 3.65. The first-order chi connectivity index (χ1) is 7.69. The van der Waals surface area contributed by atoms with Gasteiger partial charge in [0, 0.05) is 32.9 Å². The number of nitrogens with one attached hydrogen (secondary N) is 1. The van der Waals surface area contributed by atoms with Crippen LogP contribution in [0.5, 0.6) is 0 Å². The summed E-state index contributed by atoms with van der Waals surface area (Å²) < 4.78 is 1.92. The highest BCUT2D eigenvalue weighted by Gasteiger charge is 2.06. The van der Waals surface area contributed by atoms with Gasteiger partial charge in [-0.1, -0.05) is 0 Å². The molecule has 0 fully saturated rings. The molecule has 0 saturated carbocycles. The monoisotopic (exact) mass is 224 g/mol. The molecule has 0 radical (unpaired) electrons. The summed E-state index contributed by atoms with van der Waals surface area (Å²) in [5.74, 6) is 0.116. The van der Waals surface area contributed by atoms with Crippen molar-refractivity contribution in [3.8, 4) is 0 Å². The van der Waals surface area contributed by atoms with Crippen LogP contribution in [0.25, 0.3) is 0 Å². The van der Waals surface area contributed by atoms with Gasteiger partial charge < -0.3 is 10.2 Å². The molecular weight excluding hydrogens is 204 g/mol. The highest BCUT2D eigenvalue weighted by molar-refractivity contribution is 5.77. The molecule has 1 heterocycles. The molecule has 0 aromatic carbocycles. The standard InChI is InChI=1S/C11H20N4O/c1-4-14(3)11(16)9-12-8-10-6-7-13-15(10)5-2/h6-7,12H,4-5,8-9H2,1-3H3. The largest absolute Gasteiger partial charge is 0.345 e. The average Bonchev–Trinajstić information content (AvgIpc) is 2.75. The topological polar surface area (TPSA) is 50.2 Å². The molecule has 0 atom stereocenters. The fraction of sp³-hybridized carbons (Fsp3) is 0.636. The van der Waals surface area contributed by atoms with E-state index in [-0.39, 0.29) is 5.91 Å². The lowest BCUT2D eigenvalue weighted by molar-refractivity contribution is -0.128. The van der Waals surface area contributed by atoms with Crippen LogP contribution in [0.15, 0.2) is 12.3 Å². The lowest BCUT2D eigenvalue weighted by atomic mass is 10.4. The van der Waals surface area contributed by atoms with Crippen LogP contribution in [0.2, 0.25) is 0 Å². The molecule has 90 valence electrons. The molecule has 5 heteroatoms. The summed E-state index contributed by atoms with van der Waals surface area (Å²) in [4.78, 5) is 13.2.